The molecule has 1 rings (SSSR count). The molecule has 2 nitrogen and oxygen atoms in total. The van der Waals surface area contributed by atoms with Gasteiger partial charge in [-0.1, -0.05) is 0 Å². The first-order chi connectivity index (χ1) is 3.80. The smallest absolute Gasteiger partial charge is 0.162 e. The van der Waals surface area contributed by atoms with E-state index in [2.05, 4.69) is 0 Å². The third-order valence-electron chi connectivity index (χ3n) is 1.14. The van der Waals surface area contributed by atoms with Crippen LogP contribution in [0.25, 0.3) is 0 Å². The Hall–Kier alpha value is -0.0200. The summed E-state index contributed by atoms with van der Waals surface area (Å²) in [5.41, 5.74) is 0. The van der Waals surface area contributed by atoms with Crippen LogP contribution in [0.4, 0.5) is 0 Å². The van der Waals surface area contributed by atoms with Gasteiger partial charge in [0.15, 0.2) is 5.78 Å². The normalized spacial score (nSPS) is 30.6. The lowest BCUT2D eigenvalue weighted by Gasteiger charge is -2.13. The van der Waals surface area contributed by atoms with Gasteiger partial charge in [-0.05, 0) is 0 Å². The number of aliphatic hydroxyl groups excluding tert-OH is 1. The summed E-state index contributed by atoms with van der Waals surface area (Å²) in [5.74, 6) is 1.48. The number of aliphatic hydroxyl groups is 1. The summed E-state index contributed by atoms with van der Waals surface area (Å²) >= 11 is 1.64. The van der Waals surface area contributed by atoms with Crippen molar-refractivity contribution in [2.45, 2.75) is 12.5 Å². The number of rotatable bonds is 0. The van der Waals surface area contributed by atoms with E-state index in [0.717, 1.165) is 5.75 Å². The Bertz CT molecular complexity index is 103. The lowest BCUT2D eigenvalue weighted by Crippen LogP contribution is -2.27. The highest BCUT2D eigenvalue weighted by atomic mass is 32.2. The minimum absolute atomic E-state index is 0.00347. The average molecular weight is 132 g/mol. The van der Waals surface area contributed by atoms with Crippen molar-refractivity contribution in [3.63, 3.8) is 0 Å². The topological polar surface area (TPSA) is 37.3 Å². The van der Waals surface area contributed by atoms with Gasteiger partial charge in [0.1, 0.15) is 6.10 Å². The second kappa shape index (κ2) is 2.51. The van der Waals surface area contributed by atoms with Crippen molar-refractivity contribution in [3.05, 3.63) is 0 Å². The van der Waals surface area contributed by atoms with Crippen molar-refractivity contribution in [1.82, 2.24) is 0 Å². The summed E-state index contributed by atoms with van der Waals surface area (Å²) in [6.07, 6.45) is -0.125. The summed E-state index contributed by atoms with van der Waals surface area (Å²) in [7, 11) is 0. The van der Waals surface area contributed by atoms with Crippen LogP contribution in [0.2, 0.25) is 0 Å². The fourth-order valence-corrected chi connectivity index (χ4v) is 1.55. The number of carbonyl (C=O) groups excluding carboxylic acids is 1. The Balaban J connectivity index is 2.39. The Morgan fingerprint density at radius 1 is 1.75 bits per heavy atom. The number of ketones is 1. The molecule has 0 aromatic heterocycles. The Kier molecular flexibility index (Phi) is 1.91. The van der Waals surface area contributed by atoms with E-state index >= 15 is 0 Å². The van der Waals surface area contributed by atoms with E-state index in [0.29, 0.717) is 12.2 Å². The van der Waals surface area contributed by atoms with Gasteiger partial charge < -0.3 is 5.11 Å². The highest BCUT2D eigenvalue weighted by Gasteiger charge is 2.18. The molecule has 0 aromatic carbocycles. The van der Waals surface area contributed by atoms with E-state index < -0.39 is 6.10 Å². The molecule has 1 aliphatic rings. The molecule has 8 heavy (non-hydrogen) atoms. The molecular weight excluding hydrogens is 124 g/mol. The van der Waals surface area contributed by atoms with Gasteiger partial charge >= 0.3 is 0 Å². The molecule has 1 fully saturated rings. The SMILES string of the molecule is O=C1CCSCC1O. The zero-order chi connectivity index (χ0) is 5.98. The molecule has 46 valence electrons. The molecule has 1 unspecified atom stereocenters. The molecule has 0 aliphatic carbocycles. The van der Waals surface area contributed by atoms with Crippen LogP contribution < -0.4 is 0 Å². The molecule has 0 spiro atoms. The third kappa shape index (κ3) is 1.23. The van der Waals surface area contributed by atoms with E-state index in [4.69, 9.17) is 5.11 Å². The summed E-state index contributed by atoms with van der Waals surface area (Å²) in [4.78, 5) is 10.5. The highest BCUT2D eigenvalue weighted by Crippen LogP contribution is 2.13. The summed E-state index contributed by atoms with van der Waals surface area (Å²) in [6, 6.07) is 0. The summed E-state index contributed by atoms with van der Waals surface area (Å²) in [6.45, 7) is 0. The number of hydrogen-bond acceptors (Lipinski definition) is 3. The van der Waals surface area contributed by atoms with Crippen molar-refractivity contribution in [2.24, 2.45) is 0 Å². The van der Waals surface area contributed by atoms with Crippen LogP contribution in [0, 0.1) is 0 Å². The summed E-state index contributed by atoms with van der Waals surface area (Å²) in [5, 5.41) is 8.81. The van der Waals surface area contributed by atoms with Crippen LogP contribution in [0.15, 0.2) is 0 Å². The lowest BCUT2D eigenvalue weighted by molar-refractivity contribution is -0.125. The predicted molar refractivity (Wildman–Crippen MR) is 33.0 cm³/mol. The van der Waals surface area contributed by atoms with Crippen LogP contribution in [0.3, 0.4) is 0 Å². The zero-order valence-electron chi connectivity index (χ0n) is 4.46. The standard InChI is InChI=1S/C5H8O2S/c6-4-1-2-8-3-5(4)7/h5,7H,1-3H2. The second-order valence-corrected chi connectivity index (χ2v) is 2.96. The minimum Gasteiger partial charge on any atom is -0.384 e. The van der Waals surface area contributed by atoms with Crippen LogP contribution in [0.1, 0.15) is 6.42 Å². The van der Waals surface area contributed by atoms with Gasteiger partial charge in [-0.3, -0.25) is 4.79 Å². The van der Waals surface area contributed by atoms with Gasteiger partial charge in [0, 0.05) is 17.9 Å². The van der Waals surface area contributed by atoms with Gasteiger partial charge in [-0.15, -0.1) is 0 Å². The Morgan fingerprint density at radius 3 is 2.88 bits per heavy atom. The molecule has 1 aliphatic heterocycles. The maximum absolute atomic E-state index is 10.5. The van der Waals surface area contributed by atoms with Crippen LogP contribution >= 0.6 is 11.8 Å². The van der Waals surface area contributed by atoms with Gasteiger partial charge in [0.05, 0.1) is 0 Å². The third-order valence-corrected chi connectivity index (χ3v) is 2.18. The van der Waals surface area contributed by atoms with E-state index in [1.54, 1.807) is 11.8 Å². The molecule has 0 bridgehead atoms. The first-order valence-corrected chi connectivity index (χ1v) is 3.74. The molecule has 0 amide bonds. The molecule has 1 saturated heterocycles. The maximum atomic E-state index is 10.5. The van der Waals surface area contributed by atoms with Crippen molar-refractivity contribution in [2.75, 3.05) is 11.5 Å². The first kappa shape index (κ1) is 6.11. The van der Waals surface area contributed by atoms with Gasteiger partial charge in [-0.2, -0.15) is 11.8 Å². The molecule has 1 atom stereocenters. The lowest BCUT2D eigenvalue weighted by atomic mass is 10.2. The van der Waals surface area contributed by atoms with Crippen LogP contribution in [-0.2, 0) is 4.79 Å². The Morgan fingerprint density at radius 2 is 2.50 bits per heavy atom. The highest BCUT2D eigenvalue weighted by molar-refractivity contribution is 7.99. The van der Waals surface area contributed by atoms with E-state index in [1.807, 2.05) is 0 Å². The molecular formula is C5H8O2S. The monoisotopic (exact) mass is 132 g/mol. The predicted octanol–water partition coefficient (Wildman–Crippen LogP) is 0.0533. The van der Waals surface area contributed by atoms with Crippen LogP contribution in [0.5, 0.6) is 0 Å². The van der Waals surface area contributed by atoms with Crippen molar-refractivity contribution in [1.29, 1.82) is 0 Å². The number of thioether (sulfide) groups is 1. The van der Waals surface area contributed by atoms with Crippen molar-refractivity contribution < 1.29 is 9.90 Å². The first-order valence-electron chi connectivity index (χ1n) is 2.59. The van der Waals surface area contributed by atoms with E-state index in [-0.39, 0.29) is 5.78 Å². The quantitative estimate of drug-likeness (QED) is 0.506. The maximum Gasteiger partial charge on any atom is 0.162 e. The molecule has 3 heteroatoms. The van der Waals surface area contributed by atoms with Crippen molar-refractivity contribution in [3.8, 4) is 0 Å². The molecule has 0 radical (unpaired) electrons. The Labute approximate surface area is 52.3 Å². The van der Waals surface area contributed by atoms with E-state index in [1.165, 1.54) is 0 Å². The van der Waals surface area contributed by atoms with Gasteiger partial charge in [0.2, 0.25) is 0 Å². The number of Topliss-reactive ketones (excluding diaryl/α,β-unsaturated/α-hetero) is 1. The van der Waals surface area contributed by atoms with Gasteiger partial charge in [-0.25, -0.2) is 0 Å². The molecule has 1 N–H and O–H groups in total. The number of carbonyl (C=O) groups is 1. The second-order valence-electron chi connectivity index (χ2n) is 1.81. The largest absolute Gasteiger partial charge is 0.384 e. The summed E-state index contributed by atoms with van der Waals surface area (Å²) < 4.78 is 0. The fourth-order valence-electron chi connectivity index (χ4n) is 0.627. The number of hydrogen-bond donors (Lipinski definition) is 1. The molecule has 0 aromatic rings. The average Bonchev–Trinajstić information content (AvgIpc) is 1.77. The molecule has 0 saturated carbocycles. The fraction of sp³-hybridized carbons (Fsp3) is 0.800. The molecule has 1 heterocycles. The van der Waals surface area contributed by atoms with Crippen molar-refractivity contribution >= 4 is 17.5 Å². The zero-order valence-corrected chi connectivity index (χ0v) is 5.28. The van der Waals surface area contributed by atoms with E-state index in [9.17, 15) is 4.79 Å². The van der Waals surface area contributed by atoms with Gasteiger partial charge in [0.25, 0.3) is 0 Å². The minimum atomic E-state index is -0.672. The van der Waals surface area contributed by atoms with Crippen LogP contribution in [-0.4, -0.2) is 28.5 Å².